The fourth-order valence-corrected chi connectivity index (χ4v) is 3.87. The molecule has 1 aliphatic heterocycles. The topological polar surface area (TPSA) is 21.3 Å². The van der Waals surface area contributed by atoms with E-state index in [1.807, 2.05) is 0 Å². The average molecular weight is 239 g/mol. The summed E-state index contributed by atoms with van der Waals surface area (Å²) in [5.41, 5.74) is 0.326. The van der Waals surface area contributed by atoms with E-state index in [9.17, 15) is 0 Å². The minimum absolute atomic E-state index is 0.326. The molecule has 1 saturated heterocycles. The maximum atomic E-state index is 5.96. The molecule has 1 N–H and O–H groups in total. The van der Waals surface area contributed by atoms with Crippen LogP contribution in [0.2, 0.25) is 0 Å². The Hall–Kier alpha value is -0.0800. The van der Waals surface area contributed by atoms with E-state index >= 15 is 0 Å². The molecule has 0 radical (unpaired) electrons. The van der Waals surface area contributed by atoms with Crippen molar-refractivity contribution in [2.24, 2.45) is 11.3 Å². The first-order valence-electron chi connectivity index (χ1n) is 7.48. The molecule has 2 fully saturated rings. The lowest BCUT2D eigenvalue weighted by atomic mass is 9.55. The number of nitrogens with one attached hydrogen (secondary N) is 1. The van der Waals surface area contributed by atoms with Crippen molar-refractivity contribution >= 4 is 0 Å². The van der Waals surface area contributed by atoms with Gasteiger partial charge in [0.1, 0.15) is 0 Å². The summed E-state index contributed by atoms with van der Waals surface area (Å²) in [4.78, 5) is 0. The Morgan fingerprint density at radius 3 is 2.76 bits per heavy atom. The summed E-state index contributed by atoms with van der Waals surface area (Å²) in [6.45, 7) is 10.3. The third-order valence-electron chi connectivity index (χ3n) is 4.88. The lowest BCUT2D eigenvalue weighted by Crippen LogP contribution is -2.70. The normalized spacial score (nSPS) is 37.1. The van der Waals surface area contributed by atoms with Gasteiger partial charge < -0.3 is 10.1 Å². The van der Waals surface area contributed by atoms with E-state index in [1.165, 1.54) is 32.1 Å². The van der Waals surface area contributed by atoms with Crippen LogP contribution in [0.5, 0.6) is 0 Å². The monoisotopic (exact) mass is 239 g/mol. The highest BCUT2D eigenvalue weighted by molar-refractivity contribution is 5.10. The molecule has 1 aliphatic carbocycles. The van der Waals surface area contributed by atoms with E-state index in [-0.39, 0.29) is 0 Å². The predicted molar refractivity (Wildman–Crippen MR) is 72.2 cm³/mol. The average Bonchev–Trinajstić information content (AvgIpc) is 2.34. The van der Waals surface area contributed by atoms with Crippen LogP contribution in [-0.4, -0.2) is 24.8 Å². The Kier molecular flexibility index (Phi) is 4.14. The van der Waals surface area contributed by atoms with Crippen molar-refractivity contribution in [3.63, 3.8) is 0 Å². The van der Waals surface area contributed by atoms with Gasteiger partial charge in [-0.2, -0.15) is 0 Å². The highest BCUT2D eigenvalue weighted by Gasteiger charge is 2.57. The lowest BCUT2D eigenvalue weighted by molar-refractivity contribution is -0.194. The van der Waals surface area contributed by atoms with Gasteiger partial charge in [-0.3, -0.25) is 0 Å². The fourth-order valence-electron chi connectivity index (χ4n) is 3.87. The van der Waals surface area contributed by atoms with E-state index in [0.717, 1.165) is 12.5 Å². The summed E-state index contributed by atoms with van der Waals surface area (Å²) in [6.07, 6.45) is 6.95. The molecule has 1 heterocycles. The zero-order chi connectivity index (χ0) is 12.5. The Bertz CT molecular complexity index is 251. The van der Waals surface area contributed by atoms with Crippen molar-refractivity contribution in [3.8, 4) is 0 Å². The molecule has 4 atom stereocenters. The van der Waals surface area contributed by atoms with Crippen LogP contribution in [0.1, 0.15) is 59.8 Å². The van der Waals surface area contributed by atoms with Crippen LogP contribution in [0, 0.1) is 11.3 Å². The molecular formula is C15H29NO. The van der Waals surface area contributed by atoms with Gasteiger partial charge in [-0.25, -0.2) is 0 Å². The van der Waals surface area contributed by atoms with Crippen molar-refractivity contribution in [3.05, 3.63) is 0 Å². The van der Waals surface area contributed by atoms with Crippen LogP contribution in [0.4, 0.5) is 0 Å². The van der Waals surface area contributed by atoms with Crippen LogP contribution in [-0.2, 0) is 4.74 Å². The first-order chi connectivity index (χ1) is 8.11. The maximum absolute atomic E-state index is 5.96. The maximum Gasteiger partial charge on any atom is 0.0684 e. The zero-order valence-corrected chi connectivity index (χ0v) is 12.0. The molecule has 100 valence electrons. The van der Waals surface area contributed by atoms with Crippen molar-refractivity contribution in [1.29, 1.82) is 0 Å². The Morgan fingerprint density at radius 2 is 2.12 bits per heavy atom. The molecule has 0 spiro atoms. The number of hydrogen-bond acceptors (Lipinski definition) is 2. The molecule has 4 unspecified atom stereocenters. The van der Waals surface area contributed by atoms with Crippen molar-refractivity contribution in [2.75, 3.05) is 6.61 Å². The van der Waals surface area contributed by atoms with Crippen LogP contribution < -0.4 is 5.32 Å². The van der Waals surface area contributed by atoms with Crippen LogP contribution >= 0.6 is 0 Å². The van der Waals surface area contributed by atoms with Crippen LogP contribution in [0.25, 0.3) is 0 Å². The highest BCUT2D eigenvalue weighted by atomic mass is 16.5. The minimum Gasteiger partial charge on any atom is -0.377 e. The fraction of sp³-hybridized carbons (Fsp3) is 1.00. The third kappa shape index (κ3) is 2.39. The second kappa shape index (κ2) is 5.27. The molecule has 1 saturated carbocycles. The number of fused-ring (bicyclic) bond motifs is 1. The first-order valence-corrected chi connectivity index (χ1v) is 7.48. The van der Waals surface area contributed by atoms with Crippen molar-refractivity contribution < 1.29 is 4.74 Å². The summed E-state index contributed by atoms with van der Waals surface area (Å²) in [5.74, 6) is 0.768. The minimum atomic E-state index is 0.326. The second-order valence-corrected chi connectivity index (χ2v) is 6.46. The van der Waals surface area contributed by atoms with Gasteiger partial charge in [0.15, 0.2) is 0 Å². The number of rotatable bonds is 5. The summed E-state index contributed by atoms with van der Waals surface area (Å²) in [7, 11) is 0. The quantitative estimate of drug-likeness (QED) is 0.794. The third-order valence-corrected chi connectivity index (χ3v) is 4.88. The van der Waals surface area contributed by atoms with Gasteiger partial charge in [0.2, 0.25) is 0 Å². The summed E-state index contributed by atoms with van der Waals surface area (Å²) in [5, 5.41) is 3.91. The van der Waals surface area contributed by atoms with Gasteiger partial charge >= 0.3 is 0 Å². The van der Waals surface area contributed by atoms with Gasteiger partial charge in [-0.1, -0.05) is 34.1 Å². The van der Waals surface area contributed by atoms with Gasteiger partial charge in [0, 0.05) is 30.0 Å². The Morgan fingerprint density at radius 1 is 1.35 bits per heavy atom. The SMILES string of the molecule is CCCC(CC)NC1C2CCCOC2C1(C)C. The molecule has 0 aromatic rings. The van der Waals surface area contributed by atoms with E-state index < -0.39 is 0 Å². The number of hydrogen-bond donors (Lipinski definition) is 1. The van der Waals surface area contributed by atoms with Crippen molar-refractivity contribution in [1.82, 2.24) is 5.32 Å². The molecule has 2 heteroatoms. The van der Waals surface area contributed by atoms with E-state index in [4.69, 9.17) is 4.74 Å². The van der Waals surface area contributed by atoms with Gasteiger partial charge in [-0.15, -0.1) is 0 Å². The van der Waals surface area contributed by atoms with Crippen LogP contribution in [0.3, 0.4) is 0 Å². The molecule has 17 heavy (non-hydrogen) atoms. The smallest absolute Gasteiger partial charge is 0.0684 e. The number of ether oxygens (including phenoxy) is 1. The molecule has 0 aromatic heterocycles. The zero-order valence-electron chi connectivity index (χ0n) is 12.0. The predicted octanol–water partition coefficient (Wildman–Crippen LogP) is 3.36. The van der Waals surface area contributed by atoms with E-state index in [2.05, 4.69) is 33.0 Å². The Labute approximate surface area is 107 Å². The second-order valence-electron chi connectivity index (χ2n) is 6.46. The standard InChI is InChI=1S/C15H29NO/c1-5-8-11(6-2)16-13-12-9-7-10-17-14(12)15(13,3)4/h11-14,16H,5-10H2,1-4H3. The van der Waals surface area contributed by atoms with Crippen molar-refractivity contribution in [2.45, 2.75) is 78.0 Å². The molecule has 0 aromatic carbocycles. The van der Waals surface area contributed by atoms with Gasteiger partial charge in [0.25, 0.3) is 0 Å². The Balaban J connectivity index is 1.95. The largest absolute Gasteiger partial charge is 0.377 e. The molecule has 0 amide bonds. The summed E-state index contributed by atoms with van der Waals surface area (Å²) in [6, 6.07) is 1.37. The molecule has 2 aliphatic rings. The van der Waals surface area contributed by atoms with Gasteiger partial charge in [-0.05, 0) is 25.7 Å². The summed E-state index contributed by atoms with van der Waals surface area (Å²) < 4.78 is 5.96. The molecular weight excluding hydrogens is 210 g/mol. The van der Waals surface area contributed by atoms with Gasteiger partial charge in [0.05, 0.1) is 6.10 Å². The molecule has 2 rings (SSSR count). The van der Waals surface area contributed by atoms with Crippen LogP contribution in [0.15, 0.2) is 0 Å². The highest BCUT2D eigenvalue weighted by Crippen LogP contribution is 2.51. The van der Waals surface area contributed by atoms with E-state index in [0.29, 0.717) is 23.6 Å². The molecule has 2 nitrogen and oxygen atoms in total. The first kappa shape index (κ1) is 13.4. The summed E-state index contributed by atoms with van der Waals surface area (Å²) >= 11 is 0. The molecule has 0 bridgehead atoms. The van der Waals surface area contributed by atoms with E-state index in [1.54, 1.807) is 0 Å². The lowest BCUT2D eigenvalue weighted by Gasteiger charge is -2.61.